The molecule has 0 saturated carbocycles. The first-order valence-electron chi connectivity index (χ1n) is 7.49. The smallest absolute Gasteiger partial charge is 0.335 e. The second kappa shape index (κ2) is 7.29. The molecule has 124 valence electrons. The Balaban J connectivity index is 2.77. The minimum Gasteiger partial charge on any atom is -0.544 e. The molecule has 1 rings (SSSR count). The molecule has 1 aromatic carbocycles. The van der Waals surface area contributed by atoms with Crippen LogP contribution in [0.15, 0.2) is 24.3 Å². The molecule has 0 fully saturated rings. The highest BCUT2D eigenvalue weighted by Crippen LogP contribution is 2.37. The molecule has 0 amide bonds. The summed E-state index contributed by atoms with van der Waals surface area (Å²) in [5, 5.41) is 0.164. The van der Waals surface area contributed by atoms with Gasteiger partial charge in [-0.3, -0.25) is 0 Å². The third-order valence-electron chi connectivity index (χ3n) is 4.27. The summed E-state index contributed by atoms with van der Waals surface area (Å²) in [5.74, 6) is 0.520. The Morgan fingerprint density at radius 3 is 2.09 bits per heavy atom. The van der Waals surface area contributed by atoms with Gasteiger partial charge in [0.25, 0.3) is 0 Å². The van der Waals surface area contributed by atoms with Gasteiger partial charge in [-0.25, -0.2) is 4.79 Å². The van der Waals surface area contributed by atoms with Gasteiger partial charge in [0, 0.05) is 13.5 Å². The molecule has 0 radical (unpaired) electrons. The molecule has 0 heterocycles. The van der Waals surface area contributed by atoms with Crippen molar-refractivity contribution in [2.24, 2.45) is 0 Å². The highest BCUT2D eigenvalue weighted by Gasteiger charge is 2.38. The summed E-state index contributed by atoms with van der Waals surface area (Å²) < 4.78 is 16.1. The zero-order chi connectivity index (χ0) is 17.0. The Bertz CT molecular complexity index is 488. The summed E-state index contributed by atoms with van der Waals surface area (Å²) in [6.45, 7) is 11.1. The Morgan fingerprint density at radius 2 is 1.68 bits per heavy atom. The summed E-state index contributed by atoms with van der Waals surface area (Å²) >= 11 is 0. The minimum atomic E-state index is -1.82. The third-order valence-corrected chi connectivity index (χ3v) is 8.63. The molecule has 5 heteroatoms. The molecule has 0 bridgehead atoms. The second-order valence-corrected chi connectivity index (χ2v) is 11.7. The van der Waals surface area contributed by atoms with E-state index in [9.17, 15) is 4.79 Å². The number of carbonyl (C=O) groups is 1. The van der Waals surface area contributed by atoms with Crippen LogP contribution in [-0.4, -0.2) is 34.6 Å². The number of carbonyl (C=O) groups excluding carboxylic acids is 1. The number of ether oxygens (including phenoxy) is 2. The fourth-order valence-corrected chi connectivity index (χ4v) is 2.78. The van der Waals surface area contributed by atoms with Gasteiger partial charge in [-0.05, 0) is 35.8 Å². The molecular formula is C17H28O4Si. The fraction of sp³-hybridized carbons (Fsp3) is 0.588. The molecule has 1 atom stereocenters. The third kappa shape index (κ3) is 4.85. The molecule has 22 heavy (non-hydrogen) atoms. The van der Waals surface area contributed by atoms with Crippen LogP contribution in [-0.2, 0) is 20.7 Å². The lowest BCUT2D eigenvalue weighted by Gasteiger charge is -2.36. The maximum absolute atomic E-state index is 11.5. The summed E-state index contributed by atoms with van der Waals surface area (Å²) in [6.07, 6.45) is -0.0824. The Morgan fingerprint density at radius 1 is 1.14 bits per heavy atom. The molecule has 0 aliphatic rings. The van der Waals surface area contributed by atoms with E-state index in [-0.39, 0.29) is 11.0 Å². The maximum Gasteiger partial charge on any atom is 0.335 e. The highest BCUT2D eigenvalue weighted by molar-refractivity contribution is 6.74. The molecule has 1 aromatic rings. The van der Waals surface area contributed by atoms with Crippen LogP contribution in [0.4, 0.5) is 0 Å². The second-order valence-electron chi connectivity index (χ2n) is 6.96. The zero-order valence-corrected chi connectivity index (χ0v) is 15.7. The van der Waals surface area contributed by atoms with Crippen LogP contribution in [0.5, 0.6) is 5.75 Å². The van der Waals surface area contributed by atoms with Crippen LogP contribution < -0.4 is 4.43 Å². The van der Waals surface area contributed by atoms with Crippen LogP contribution in [0.3, 0.4) is 0 Å². The van der Waals surface area contributed by atoms with E-state index in [1.165, 1.54) is 14.2 Å². The van der Waals surface area contributed by atoms with Gasteiger partial charge >= 0.3 is 5.97 Å². The summed E-state index contributed by atoms with van der Waals surface area (Å²) in [7, 11) is 1.05. The minimum absolute atomic E-state index is 0.164. The molecular weight excluding hydrogens is 296 g/mol. The van der Waals surface area contributed by atoms with Crippen LogP contribution in [0.2, 0.25) is 18.1 Å². The number of esters is 1. The lowest BCUT2D eigenvalue weighted by atomic mass is 10.1. The van der Waals surface area contributed by atoms with Crippen molar-refractivity contribution in [1.82, 2.24) is 0 Å². The normalized spacial score (nSPS) is 13.6. The number of hydrogen-bond donors (Lipinski definition) is 0. The van der Waals surface area contributed by atoms with E-state index >= 15 is 0 Å². The van der Waals surface area contributed by atoms with Crippen molar-refractivity contribution in [3.05, 3.63) is 29.8 Å². The molecule has 0 aliphatic carbocycles. The molecule has 0 saturated heterocycles. The van der Waals surface area contributed by atoms with Gasteiger partial charge < -0.3 is 13.9 Å². The first-order chi connectivity index (χ1) is 10.1. The number of hydrogen-bond acceptors (Lipinski definition) is 4. The van der Waals surface area contributed by atoms with E-state index in [1.54, 1.807) is 0 Å². The van der Waals surface area contributed by atoms with Crippen LogP contribution in [0.1, 0.15) is 26.3 Å². The van der Waals surface area contributed by atoms with Gasteiger partial charge in [0.15, 0.2) is 6.10 Å². The van der Waals surface area contributed by atoms with E-state index in [1.807, 2.05) is 24.3 Å². The van der Waals surface area contributed by atoms with Crippen molar-refractivity contribution in [2.75, 3.05) is 14.2 Å². The van der Waals surface area contributed by atoms with Crippen LogP contribution in [0.25, 0.3) is 0 Å². The van der Waals surface area contributed by atoms with Crippen molar-refractivity contribution >= 4 is 14.3 Å². The topological polar surface area (TPSA) is 44.8 Å². The molecule has 4 nitrogen and oxygen atoms in total. The van der Waals surface area contributed by atoms with Crippen molar-refractivity contribution in [3.63, 3.8) is 0 Å². The van der Waals surface area contributed by atoms with Gasteiger partial charge in [0.2, 0.25) is 8.32 Å². The summed E-state index contributed by atoms with van der Waals surface area (Å²) in [6, 6.07) is 7.86. The predicted octanol–water partition coefficient (Wildman–Crippen LogP) is 3.80. The van der Waals surface area contributed by atoms with E-state index in [2.05, 4.69) is 33.9 Å². The van der Waals surface area contributed by atoms with Gasteiger partial charge in [-0.2, -0.15) is 0 Å². The lowest BCUT2D eigenvalue weighted by molar-refractivity contribution is -0.152. The number of rotatable bonds is 6. The van der Waals surface area contributed by atoms with E-state index < -0.39 is 14.4 Å². The predicted molar refractivity (Wildman–Crippen MR) is 90.8 cm³/mol. The highest BCUT2D eigenvalue weighted by atomic mass is 28.4. The fourth-order valence-electron chi connectivity index (χ4n) is 1.75. The first-order valence-corrected chi connectivity index (χ1v) is 10.4. The van der Waals surface area contributed by atoms with Crippen molar-refractivity contribution in [3.8, 4) is 5.75 Å². The average molecular weight is 324 g/mol. The molecule has 0 aliphatic heterocycles. The van der Waals surface area contributed by atoms with Crippen LogP contribution in [0, 0.1) is 0 Å². The molecule has 0 spiro atoms. The largest absolute Gasteiger partial charge is 0.544 e. The Hall–Kier alpha value is -1.33. The quantitative estimate of drug-likeness (QED) is 0.590. The average Bonchev–Trinajstić information content (AvgIpc) is 2.44. The van der Waals surface area contributed by atoms with E-state index in [0.717, 1.165) is 11.3 Å². The van der Waals surface area contributed by atoms with Crippen molar-refractivity contribution < 1.29 is 18.7 Å². The van der Waals surface area contributed by atoms with Gasteiger partial charge in [0.05, 0.1) is 7.11 Å². The Kier molecular flexibility index (Phi) is 6.20. The molecule has 0 N–H and O–H groups in total. The first kappa shape index (κ1) is 18.7. The van der Waals surface area contributed by atoms with Gasteiger partial charge in [-0.15, -0.1) is 0 Å². The van der Waals surface area contributed by atoms with Gasteiger partial charge in [0.1, 0.15) is 5.75 Å². The Labute approximate surface area is 134 Å². The van der Waals surface area contributed by atoms with Gasteiger partial charge in [-0.1, -0.05) is 32.9 Å². The maximum atomic E-state index is 11.5. The van der Waals surface area contributed by atoms with E-state index in [0.29, 0.717) is 6.42 Å². The SMILES string of the molecule is COC(=O)[C@H](Cc1ccc(O[Si](C)(C)C(C)(C)C)cc1)OC. The zero-order valence-electron chi connectivity index (χ0n) is 14.7. The van der Waals surface area contributed by atoms with Crippen LogP contribution >= 0.6 is 0 Å². The molecule has 0 unspecified atom stereocenters. The van der Waals surface area contributed by atoms with E-state index in [4.69, 9.17) is 13.9 Å². The monoisotopic (exact) mass is 324 g/mol. The van der Waals surface area contributed by atoms with Crippen molar-refractivity contribution in [1.29, 1.82) is 0 Å². The number of methoxy groups -OCH3 is 2. The standard InChI is InChI=1S/C17H28O4Si/c1-17(2,3)22(6,7)21-14-10-8-13(9-11-14)12-15(19-4)16(18)20-5/h8-11,15H,12H2,1-7H3/t15-/m0/s1. The lowest BCUT2D eigenvalue weighted by Crippen LogP contribution is -2.43. The summed E-state index contributed by atoms with van der Waals surface area (Å²) in [4.78, 5) is 11.5. The molecule has 0 aromatic heterocycles. The summed E-state index contributed by atoms with van der Waals surface area (Å²) in [5.41, 5.74) is 1.01. The van der Waals surface area contributed by atoms with Crippen molar-refractivity contribution in [2.45, 2.75) is 51.4 Å². The number of benzene rings is 1.